The third-order valence-corrected chi connectivity index (χ3v) is 4.54. The van der Waals surface area contributed by atoms with Crippen LogP contribution in [0.1, 0.15) is 51.4 Å². The Morgan fingerprint density at radius 3 is 2.40 bits per heavy atom. The largest absolute Gasteiger partial charge is 0.391 e. The van der Waals surface area contributed by atoms with E-state index in [1.165, 1.54) is 0 Å². The number of nitrogens with one attached hydrogen (secondary N) is 1. The van der Waals surface area contributed by atoms with Gasteiger partial charge in [0.25, 0.3) is 0 Å². The van der Waals surface area contributed by atoms with Crippen LogP contribution in [0.3, 0.4) is 0 Å². The first-order valence-corrected chi connectivity index (χ1v) is 7.16. The van der Waals surface area contributed by atoms with E-state index in [0.29, 0.717) is 25.7 Å². The topological polar surface area (TPSA) is 52.9 Å². The number of amides is 1. The molecule has 0 radical (unpaired) electrons. The Kier molecular flexibility index (Phi) is 4.26. The number of carbonyl (C=O) groups is 1. The van der Waals surface area contributed by atoms with Crippen LogP contribution >= 0.6 is 0 Å². The van der Waals surface area contributed by atoms with Crippen molar-refractivity contribution in [1.82, 2.24) is 5.32 Å². The van der Waals surface area contributed by atoms with Crippen LogP contribution in [-0.2, 0) is 4.79 Å². The molecule has 0 heterocycles. The standard InChI is InChI=1S/C14H19F3N2O/c15-14(16,17)11-5-3-4-10(8-11)12(20)19-13(9-18)6-1-2-7-13/h10-11H,1-8H2,(H,19,20). The van der Waals surface area contributed by atoms with Gasteiger partial charge in [-0.2, -0.15) is 18.4 Å². The van der Waals surface area contributed by atoms with Crippen molar-refractivity contribution >= 4 is 5.91 Å². The molecule has 0 aliphatic heterocycles. The highest BCUT2D eigenvalue weighted by atomic mass is 19.4. The SMILES string of the molecule is N#CC1(NC(=O)C2CCCC(C(F)(F)F)C2)CCCC1. The predicted molar refractivity (Wildman–Crippen MR) is 66.5 cm³/mol. The van der Waals surface area contributed by atoms with Gasteiger partial charge in [-0.3, -0.25) is 4.79 Å². The molecule has 0 bridgehead atoms. The molecule has 2 unspecified atom stereocenters. The Bertz CT molecular complexity index is 408. The molecular formula is C14H19F3N2O. The number of hydrogen-bond donors (Lipinski definition) is 1. The van der Waals surface area contributed by atoms with Crippen molar-refractivity contribution in [1.29, 1.82) is 5.26 Å². The minimum atomic E-state index is -4.22. The van der Waals surface area contributed by atoms with Crippen molar-refractivity contribution in [3.05, 3.63) is 0 Å². The molecule has 0 aromatic heterocycles. The molecule has 2 rings (SSSR count). The molecule has 1 amide bonds. The zero-order valence-electron chi connectivity index (χ0n) is 11.3. The van der Waals surface area contributed by atoms with Crippen LogP contribution in [0.25, 0.3) is 0 Å². The molecule has 20 heavy (non-hydrogen) atoms. The lowest BCUT2D eigenvalue weighted by Crippen LogP contribution is -2.48. The third-order valence-electron chi connectivity index (χ3n) is 4.54. The van der Waals surface area contributed by atoms with Gasteiger partial charge in [-0.25, -0.2) is 0 Å². The molecule has 2 aliphatic carbocycles. The zero-order chi connectivity index (χ0) is 14.8. The summed E-state index contributed by atoms with van der Waals surface area (Å²) in [6.07, 6.45) is -0.392. The van der Waals surface area contributed by atoms with E-state index in [0.717, 1.165) is 12.8 Å². The van der Waals surface area contributed by atoms with E-state index in [1.807, 2.05) is 0 Å². The van der Waals surface area contributed by atoms with Gasteiger partial charge in [-0.1, -0.05) is 6.42 Å². The fraction of sp³-hybridized carbons (Fsp3) is 0.857. The molecule has 0 aromatic carbocycles. The molecule has 3 nitrogen and oxygen atoms in total. The molecule has 112 valence electrons. The Balaban J connectivity index is 1.97. The molecule has 2 saturated carbocycles. The first-order valence-electron chi connectivity index (χ1n) is 7.16. The summed E-state index contributed by atoms with van der Waals surface area (Å²) in [5.74, 6) is -2.36. The maximum Gasteiger partial charge on any atom is 0.391 e. The first-order chi connectivity index (χ1) is 9.36. The van der Waals surface area contributed by atoms with Crippen molar-refractivity contribution < 1.29 is 18.0 Å². The van der Waals surface area contributed by atoms with Gasteiger partial charge >= 0.3 is 6.18 Å². The Hall–Kier alpha value is -1.25. The normalized spacial score (nSPS) is 29.7. The van der Waals surface area contributed by atoms with Gasteiger partial charge in [0.15, 0.2) is 0 Å². The van der Waals surface area contributed by atoms with E-state index in [1.54, 1.807) is 0 Å². The van der Waals surface area contributed by atoms with E-state index < -0.39 is 23.6 Å². The number of nitriles is 1. The molecule has 0 spiro atoms. The number of nitrogens with zero attached hydrogens (tertiary/aromatic N) is 1. The second kappa shape index (κ2) is 5.63. The molecule has 2 fully saturated rings. The number of carbonyl (C=O) groups excluding carboxylic acids is 1. The average molecular weight is 288 g/mol. The van der Waals surface area contributed by atoms with E-state index in [4.69, 9.17) is 0 Å². The van der Waals surface area contributed by atoms with Crippen LogP contribution in [0.4, 0.5) is 13.2 Å². The molecule has 2 aliphatic rings. The lowest BCUT2D eigenvalue weighted by Gasteiger charge is -2.32. The van der Waals surface area contributed by atoms with Gasteiger partial charge in [0.2, 0.25) is 5.91 Å². The Morgan fingerprint density at radius 2 is 1.85 bits per heavy atom. The highest BCUT2D eigenvalue weighted by Crippen LogP contribution is 2.40. The van der Waals surface area contributed by atoms with Gasteiger partial charge in [0.05, 0.1) is 12.0 Å². The predicted octanol–water partition coefficient (Wildman–Crippen LogP) is 3.31. The second-order valence-corrected chi connectivity index (χ2v) is 5.99. The fourth-order valence-electron chi connectivity index (χ4n) is 3.31. The van der Waals surface area contributed by atoms with Gasteiger partial charge in [0.1, 0.15) is 5.54 Å². The van der Waals surface area contributed by atoms with Crippen LogP contribution in [0.2, 0.25) is 0 Å². The first kappa shape index (κ1) is 15.1. The van der Waals surface area contributed by atoms with Crippen molar-refractivity contribution in [3.63, 3.8) is 0 Å². The van der Waals surface area contributed by atoms with Gasteiger partial charge in [-0.05, 0) is 44.9 Å². The van der Waals surface area contributed by atoms with E-state index in [2.05, 4.69) is 11.4 Å². The smallest absolute Gasteiger partial charge is 0.338 e. The molecule has 2 atom stereocenters. The number of alkyl halides is 3. The number of halogens is 3. The Labute approximate surface area is 116 Å². The minimum Gasteiger partial charge on any atom is -0.338 e. The summed E-state index contributed by atoms with van der Waals surface area (Å²) in [7, 11) is 0. The van der Waals surface area contributed by atoms with Crippen LogP contribution in [0.15, 0.2) is 0 Å². The summed E-state index contributed by atoms with van der Waals surface area (Å²) in [6.45, 7) is 0. The highest BCUT2D eigenvalue weighted by molar-refractivity contribution is 5.80. The maximum atomic E-state index is 12.7. The van der Waals surface area contributed by atoms with Gasteiger partial charge < -0.3 is 5.32 Å². The van der Waals surface area contributed by atoms with Crippen molar-refractivity contribution in [2.75, 3.05) is 0 Å². The molecular weight excluding hydrogens is 269 g/mol. The number of rotatable bonds is 2. The zero-order valence-corrected chi connectivity index (χ0v) is 11.3. The second-order valence-electron chi connectivity index (χ2n) is 5.99. The summed E-state index contributed by atoms with van der Waals surface area (Å²) in [5, 5.41) is 11.9. The maximum absolute atomic E-state index is 12.7. The van der Waals surface area contributed by atoms with Gasteiger partial charge in [-0.15, -0.1) is 0 Å². The van der Waals surface area contributed by atoms with E-state index in [-0.39, 0.29) is 18.7 Å². The summed E-state index contributed by atoms with van der Waals surface area (Å²) >= 11 is 0. The minimum absolute atomic E-state index is 0.108. The summed E-state index contributed by atoms with van der Waals surface area (Å²) in [6, 6.07) is 2.13. The average Bonchev–Trinajstić information content (AvgIpc) is 2.87. The highest BCUT2D eigenvalue weighted by Gasteiger charge is 2.45. The fourth-order valence-corrected chi connectivity index (χ4v) is 3.31. The monoisotopic (exact) mass is 288 g/mol. The van der Waals surface area contributed by atoms with Crippen molar-refractivity contribution in [2.45, 2.75) is 63.1 Å². The lowest BCUT2D eigenvalue weighted by molar-refractivity contribution is -0.186. The summed E-state index contributed by atoms with van der Waals surface area (Å²) in [4.78, 5) is 12.2. The van der Waals surface area contributed by atoms with Crippen LogP contribution < -0.4 is 5.32 Å². The van der Waals surface area contributed by atoms with E-state index in [9.17, 15) is 23.2 Å². The van der Waals surface area contributed by atoms with Crippen LogP contribution in [0, 0.1) is 23.2 Å². The molecule has 0 saturated heterocycles. The van der Waals surface area contributed by atoms with Crippen molar-refractivity contribution in [2.24, 2.45) is 11.8 Å². The molecule has 0 aromatic rings. The van der Waals surface area contributed by atoms with Gasteiger partial charge in [0, 0.05) is 5.92 Å². The van der Waals surface area contributed by atoms with Crippen molar-refractivity contribution in [3.8, 4) is 6.07 Å². The summed E-state index contributed by atoms with van der Waals surface area (Å²) in [5.41, 5.74) is -0.845. The third kappa shape index (κ3) is 3.25. The molecule has 1 N–H and O–H groups in total. The Morgan fingerprint density at radius 1 is 1.20 bits per heavy atom. The quantitative estimate of drug-likeness (QED) is 0.847. The number of hydrogen-bond acceptors (Lipinski definition) is 2. The van der Waals surface area contributed by atoms with Crippen LogP contribution in [-0.4, -0.2) is 17.6 Å². The lowest BCUT2D eigenvalue weighted by atomic mass is 9.80. The van der Waals surface area contributed by atoms with E-state index >= 15 is 0 Å². The summed E-state index contributed by atoms with van der Waals surface area (Å²) < 4.78 is 38.2. The van der Waals surface area contributed by atoms with Crippen LogP contribution in [0.5, 0.6) is 0 Å². The molecule has 6 heteroatoms.